The first-order valence-corrected chi connectivity index (χ1v) is 6.46. The van der Waals surface area contributed by atoms with E-state index in [0.29, 0.717) is 5.95 Å². The molecular weight excluding hydrogens is 234 g/mol. The van der Waals surface area contributed by atoms with Crippen LogP contribution in [-0.2, 0) is 0 Å². The van der Waals surface area contributed by atoms with Crippen molar-refractivity contribution in [1.29, 1.82) is 0 Å². The standard InChI is InChI=1S/C16H17N3/c1-11-8-9-14-15(10-11)19(16(17)18-14)12(2)13-6-4-3-5-7-13/h3-10,12H,1-2H3,(H2,17,18). The van der Waals surface area contributed by atoms with Crippen molar-refractivity contribution in [3.8, 4) is 0 Å². The molecule has 1 heterocycles. The van der Waals surface area contributed by atoms with Crippen molar-refractivity contribution in [2.75, 3.05) is 5.73 Å². The molecule has 1 atom stereocenters. The first-order valence-electron chi connectivity index (χ1n) is 6.46. The summed E-state index contributed by atoms with van der Waals surface area (Å²) < 4.78 is 2.09. The van der Waals surface area contributed by atoms with Crippen LogP contribution in [0.15, 0.2) is 48.5 Å². The van der Waals surface area contributed by atoms with Gasteiger partial charge in [0.15, 0.2) is 0 Å². The average molecular weight is 251 g/mol. The molecule has 96 valence electrons. The van der Waals surface area contributed by atoms with Crippen molar-refractivity contribution < 1.29 is 0 Å². The van der Waals surface area contributed by atoms with Gasteiger partial charge in [-0.1, -0.05) is 36.4 Å². The fraction of sp³-hybridized carbons (Fsp3) is 0.188. The minimum atomic E-state index is 0.174. The summed E-state index contributed by atoms with van der Waals surface area (Å²) >= 11 is 0. The van der Waals surface area contributed by atoms with Gasteiger partial charge in [0.05, 0.1) is 17.1 Å². The summed E-state index contributed by atoms with van der Waals surface area (Å²) in [6.45, 7) is 4.23. The highest BCUT2D eigenvalue weighted by Crippen LogP contribution is 2.27. The second-order valence-electron chi connectivity index (χ2n) is 4.92. The maximum atomic E-state index is 6.09. The van der Waals surface area contributed by atoms with Gasteiger partial charge in [-0.2, -0.15) is 0 Å². The smallest absolute Gasteiger partial charge is 0.201 e. The Morgan fingerprint density at radius 3 is 2.58 bits per heavy atom. The fourth-order valence-electron chi connectivity index (χ4n) is 2.51. The predicted molar refractivity (Wildman–Crippen MR) is 79.1 cm³/mol. The number of anilines is 1. The van der Waals surface area contributed by atoms with E-state index in [1.165, 1.54) is 11.1 Å². The first-order chi connectivity index (χ1) is 9.16. The second kappa shape index (κ2) is 4.43. The quantitative estimate of drug-likeness (QED) is 0.757. The van der Waals surface area contributed by atoms with Gasteiger partial charge in [0.25, 0.3) is 0 Å². The molecule has 0 saturated carbocycles. The van der Waals surface area contributed by atoms with Crippen molar-refractivity contribution >= 4 is 17.0 Å². The molecular formula is C16H17N3. The Balaban J connectivity index is 2.19. The SMILES string of the molecule is Cc1ccc2nc(N)n(C(C)c3ccccc3)c2c1. The Morgan fingerprint density at radius 2 is 1.84 bits per heavy atom. The van der Waals surface area contributed by atoms with E-state index >= 15 is 0 Å². The summed E-state index contributed by atoms with van der Waals surface area (Å²) in [5, 5.41) is 0. The van der Waals surface area contributed by atoms with Gasteiger partial charge in [-0.05, 0) is 37.1 Å². The Bertz CT molecular complexity index is 713. The molecule has 1 aromatic heterocycles. The van der Waals surface area contributed by atoms with E-state index < -0.39 is 0 Å². The number of nitrogens with two attached hydrogens (primary N) is 1. The number of aryl methyl sites for hydroxylation is 1. The van der Waals surface area contributed by atoms with Crippen molar-refractivity contribution in [2.45, 2.75) is 19.9 Å². The van der Waals surface area contributed by atoms with Crippen LogP contribution >= 0.6 is 0 Å². The number of fused-ring (bicyclic) bond motifs is 1. The predicted octanol–water partition coefficient (Wildman–Crippen LogP) is 3.54. The van der Waals surface area contributed by atoms with Crippen molar-refractivity contribution in [1.82, 2.24) is 9.55 Å². The molecule has 0 aliphatic carbocycles. The van der Waals surface area contributed by atoms with Gasteiger partial charge in [0.1, 0.15) is 0 Å². The Hall–Kier alpha value is -2.29. The third-order valence-corrected chi connectivity index (χ3v) is 3.54. The summed E-state index contributed by atoms with van der Waals surface area (Å²) in [6.07, 6.45) is 0. The normalized spacial score (nSPS) is 12.7. The van der Waals surface area contributed by atoms with E-state index in [4.69, 9.17) is 5.73 Å². The Morgan fingerprint density at radius 1 is 1.11 bits per heavy atom. The Kier molecular flexibility index (Phi) is 2.75. The van der Waals surface area contributed by atoms with Gasteiger partial charge in [-0.3, -0.25) is 0 Å². The molecule has 3 nitrogen and oxygen atoms in total. The summed E-state index contributed by atoms with van der Waals surface area (Å²) in [6, 6.07) is 16.7. The number of nitrogen functional groups attached to an aromatic ring is 1. The van der Waals surface area contributed by atoms with Crippen LogP contribution in [0.25, 0.3) is 11.0 Å². The molecule has 3 heteroatoms. The molecule has 2 aromatic carbocycles. The van der Waals surface area contributed by atoms with Crippen LogP contribution in [-0.4, -0.2) is 9.55 Å². The summed E-state index contributed by atoms with van der Waals surface area (Å²) in [4.78, 5) is 4.44. The zero-order chi connectivity index (χ0) is 13.4. The maximum absolute atomic E-state index is 6.09. The van der Waals surface area contributed by atoms with Gasteiger partial charge < -0.3 is 10.3 Å². The van der Waals surface area contributed by atoms with Gasteiger partial charge in [0, 0.05) is 0 Å². The lowest BCUT2D eigenvalue weighted by atomic mass is 10.1. The lowest BCUT2D eigenvalue weighted by Crippen LogP contribution is -2.10. The van der Waals surface area contributed by atoms with E-state index in [2.05, 4.69) is 47.7 Å². The third kappa shape index (κ3) is 1.97. The van der Waals surface area contributed by atoms with Crippen LogP contribution in [0.3, 0.4) is 0 Å². The number of rotatable bonds is 2. The highest BCUT2D eigenvalue weighted by Gasteiger charge is 2.15. The van der Waals surface area contributed by atoms with Crippen LogP contribution in [0.4, 0.5) is 5.95 Å². The van der Waals surface area contributed by atoms with Gasteiger partial charge in [-0.25, -0.2) is 4.98 Å². The molecule has 0 aliphatic rings. The topological polar surface area (TPSA) is 43.8 Å². The summed E-state index contributed by atoms with van der Waals surface area (Å²) in [5.74, 6) is 0.567. The van der Waals surface area contributed by atoms with E-state index in [-0.39, 0.29) is 6.04 Å². The number of nitrogens with zero attached hydrogens (tertiary/aromatic N) is 2. The number of hydrogen-bond acceptors (Lipinski definition) is 2. The molecule has 2 N–H and O–H groups in total. The number of hydrogen-bond donors (Lipinski definition) is 1. The van der Waals surface area contributed by atoms with E-state index in [1.807, 2.05) is 24.3 Å². The minimum Gasteiger partial charge on any atom is -0.369 e. The maximum Gasteiger partial charge on any atom is 0.201 e. The van der Waals surface area contributed by atoms with E-state index in [1.54, 1.807) is 0 Å². The third-order valence-electron chi connectivity index (χ3n) is 3.54. The lowest BCUT2D eigenvalue weighted by Gasteiger charge is -2.16. The number of benzene rings is 2. The lowest BCUT2D eigenvalue weighted by molar-refractivity contribution is 0.668. The van der Waals surface area contributed by atoms with Crippen molar-refractivity contribution in [3.63, 3.8) is 0 Å². The highest BCUT2D eigenvalue weighted by atomic mass is 15.2. The summed E-state index contributed by atoms with van der Waals surface area (Å²) in [7, 11) is 0. The molecule has 0 aliphatic heterocycles. The first kappa shape index (κ1) is 11.8. The van der Waals surface area contributed by atoms with Crippen LogP contribution in [0.2, 0.25) is 0 Å². The minimum absolute atomic E-state index is 0.174. The van der Waals surface area contributed by atoms with Crippen molar-refractivity contribution in [3.05, 3.63) is 59.7 Å². The molecule has 0 saturated heterocycles. The van der Waals surface area contributed by atoms with Gasteiger partial charge >= 0.3 is 0 Å². The molecule has 0 fully saturated rings. The molecule has 1 unspecified atom stereocenters. The average Bonchev–Trinajstić information content (AvgIpc) is 2.74. The molecule has 19 heavy (non-hydrogen) atoms. The van der Waals surface area contributed by atoms with Gasteiger partial charge in [-0.15, -0.1) is 0 Å². The molecule has 3 rings (SSSR count). The van der Waals surface area contributed by atoms with Crippen molar-refractivity contribution in [2.24, 2.45) is 0 Å². The zero-order valence-corrected chi connectivity index (χ0v) is 11.2. The highest BCUT2D eigenvalue weighted by molar-refractivity contribution is 5.79. The van der Waals surface area contributed by atoms with E-state index in [0.717, 1.165) is 11.0 Å². The van der Waals surface area contributed by atoms with Crippen LogP contribution in [0.5, 0.6) is 0 Å². The molecule has 0 amide bonds. The fourth-order valence-corrected chi connectivity index (χ4v) is 2.51. The summed E-state index contributed by atoms with van der Waals surface area (Å²) in [5.41, 5.74) is 10.6. The Labute approximate surface area is 112 Å². The second-order valence-corrected chi connectivity index (χ2v) is 4.92. The zero-order valence-electron chi connectivity index (χ0n) is 11.2. The number of aromatic nitrogens is 2. The molecule has 0 bridgehead atoms. The van der Waals surface area contributed by atoms with Gasteiger partial charge in [0.2, 0.25) is 5.95 Å². The molecule has 0 spiro atoms. The van der Waals surface area contributed by atoms with Crippen LogP contribution in [0.1, 0.15) is 24.1 Å². The molecule has 3 aromatic rings. The monoisotopic (exact) mass is 251 g/mol. The largest absolute Gasteiger partial charge is 0.369 e. The van der Waals surface area contributed by atoms with Crippen LogP contribution in [0, 0.1) is 6.92 Å². The van der Waals surface area contributed by atoms with Crippen LogP contribution < -0.4 is 5.73 Å². The molecule has 0 radical (unpaired) electrons. The number of imidazole rings is 1. The van der Waals surface area contributed by atoms with E-state index in [9.17, 15) is 0 Å².